The van der Waals surface area contributed by atoms with Gasteiger partial charge in [0.25, 0.3) is 0 Å². The van der Waals surface area contributed by atoms with Crippen LogP contribution in [0.2, 0.25) is 0 Å². The summed E-state index contributed by atoms with van der Waals surface area (Å²) in [6.07, 6.45) is 0.203. The number of methoxy groups -OCH3 is 1. The van der Waals surface area contributed by atoms with Crippen molar-refractivity contribution in [1.29, 1.82) is 10.5 Å². The highest BCUT2D eigenvalue weighted by molar-refractivity contribution is 7.88. The highest BCUT2D eigenvalue weighted by atomic mass is 32.2. The summed E-state index contributed by atoms with van der Waals surface area (Å²) in [6.45, 7) is 1.63. The van der Waals surface area contributed by atoms with Gasteiger partial charge in [0.15, 0.2) is 0 Å². The quantitative estimate of drug-likeness (QED) is 0.472. The van der Waals surface area contributed by atoms with Crippen LogP contribution in [0, 0.1) is 22.7 Å². The van der Waals surface area contributed by atoms with E-state index in [0.29, 0.717) is 28.0 Å². The highest BCUT2D eigenvalue weighted by Crippen LogP contribution is 2.36. The fourth-order valence-electron chi connectivity index (χ4n) is 2.93. The second kappa shape index (κ2) is 9.06. The summed E-state index contributed by atoms with van der Waals surface area (Å²) in [5.41, 5.74) is -3.10. The Kier molecular flexibility index (Phi) is 6.96. The molecule has 0 spiro atoms. The molecule has 0 heterocycles. The van der Waals surface area contributed by atoms with Gasteiger partial charge in [-0.3, -0.25) is 0 Å². The molecule has 0 amide bonds. The van der Waals surface area contributed by atoms with Crippen LogP contribution < -0.4 is 8.92 Å². The lowest BCUT2D eigenvalue weighted by Crippen LogP contribution is -2.28. The molecule has 2 aromatic carbocycles. The average Bonchev–Trinajstić information content (AvgIpc) is 2.67. The van der Waals surface area contributed by atoms with Crippen molar-refractivity contribution in [3.8, 4) is 34.8 Å². The van der Waals surface area contributed by atoms with E-state index >= 15 is 0 Å². The first-order chi connectivity index (χ1) is 14.1. The molecule has 10 heteroatoms. The molecule has 158 valence electrons. The van der Waals surface area contributed by atoms with Gasteiger partial charge in [0, 0.05) is 0 Å². The summed E-state index contributed by atoms with van der Waals surface area (Å²) in [5, 5.41) is 18.4. The Morgan fingerprint density at radius 2 is 1.57 bits per heavy atom. The molecule has 0 aromatic heterocycles. The molecular weight excluding hydrogens is 421 g/mol. The topological polar surface area (TPSA) is 100 Å². The molecular formula is C20H17F3N2O4S. The van der Waals surface area contributed by atoms with Crippen molar-refractivity contribution in [3.63, 3.8) is 0 Å². The lowest BCUT2D eigenvalue weighted by molar-refractivity contribution is -0.0500. The van der Waals surface area contributed by atoms with E-state index in [-0.39, 0.29) is 24.8 Å². The van der Waals surface area contributed by atoms with Crippen LogP contribution in [0.5, 0.6) is 11.5 Å². The predicted octanol–water partition coefficient (Wildman–Crippen LogP) is 4.29. The van der Waals surface area contributed by atoms with Crippen LogP contribution in [-0.2, 0) is 29.4 Å². The van der Waals surface area contributed by atoms with Gasteiger partial charge in [0.2, 0.25) is 0 Å². The number of hydrogen-bond acceptors (Lipinski definition) is 6. The SMILES string of the molecule is CCc1cc(-c2c(CC#N)cc(OC)cc2CC#N)ccc1OS(=O)(=O)C(F)(F)F. The Hall–Kier alpha value is -3.24. The second-order valence-corrected chi connectivity index (χ2v) is 7.69. The van der Waals surface area contributed by atoms with Crippen LogP contribution in [0.15, 0.2) is 30.3 Å². The van der Waals surface area contributed by atoms with Crippen LogP contribution in [0.3, 0.4) is 0 Å². The average molecular weight is 438 g/mol. The van der Waals surface area contributed by atoms with Crippen molar-refractivity contribution < 1.29 is 30.5 Å². The number of ether oxygens (including phenoxy) is 1. The van der Waals surface area contributed by atoms with Crippen molar-refractivity contribution in [2.75, 3.05) is 7.11 Å². The summed E-state index contributed by atoms with van der Waals surface area (Å²) in [4.78, 5) is 0. The van der Waals surface area contributed by atoms with E-state index in [1.807, 2.05) is 12.1 Å². The van der Waals surface area contributed by atoms with Gasteiger partial charge in [0.05, 0.1) is 32.1 Å². The molecule has 0 radical (unpaired) electrons. The van der Waals surface area contributed by atoms with Gasteiger partial charge in [-0.25, -0.2) is 0 Å². The molecule has 0 unspecified atom stereocenters. The number of aryl methyl sites for hydroxylation is 1. The van der Waals surface area contributed by atoms with Crippen LogP contribution in [0.1, 0.15) is 23.6 Å². The van der Waals surface area contributed by atoms with E-state index in [0.717, 1.165) is 6.07 Å². The predicted molar refractivity (Wildman–Crippen MR) is 102 cm³/mol. The summed E-state index contributed by atoms with van der Waals surface area (Å²) in [5.74, 6) is 0.0249. The largest absolute Gasteiger partial charge is 0.534 e. The number of nitriles is 2. The Bertz CT molecular complexity index is 1090. The third-order valence-electron chi connectivity index (χ3n) is 4.26. The van der Waals surface area contributed by atoms with Gasteiger partial charge >= 0.3 is 15.6 Å². The lowest BCUT2D eigenvalue weighted by Gasteiger charge is -2.17. The summed E-state index contributed by atoms with van der Waals surface area (Å²) >= 11 is 0. The second-order valence-electron chi connectivity index (χ2n) is 6.15. The first-order valence-corrected chi connectivity index (χ1v) is 10.1. The summed E-state index contributed by atoms with van der Waals surface area (Å²) in [6, 6.07) is 11.4. The van der Waals surface area contributed by atoms with Crippen molar-refractivity contribution in [2.24, 2.45) is 0 Å². The van der Waals surface area contributed by atoms with Crippen molar-refractivity contribution in [2.45, 2.75) is 31.7 Å². The molecule has 0 bridgehead atoms. The van der Waals surface area contributed by atoms with Gasteiger partial charge in [-0.15, -0.1) is 0 Å². The maximum atomic E-state index is 12.7. The molecule has 0 atom stereocenters. The molecule has 0 N–H and O–H groups in total. The molecule has 30 heavy (non-hydrogen) atoms. The maximum absolute atomic E-state index is 12.7. The van der Waals surface area contributed by atoms with Crippen molar-refractivity contribution in [1.82, 2.24) is 0 Å². The smallest absolute Gasteiger partial charge is 0.497 e. The number of hydrogen-bond donors (Lipinski definition) is 0. The maximum Gasteiger partial charge on any atom is 0.534 e. The van der Waals surface area contributed by atoms with Gasteiger partial charge in [-0.2, -0.15) is 32.1 Å². The molecule has 0 saturated heterocycles. The molecule has 0 aliphatic rings. The minimum absolute atomic E-state index is 0.00707. The Morgan fingerprint density at radius 1 is 1.00 bits per heavy atom. The zero-order valence-corrected chi connectivity index (χ0v) is 16.9. The Labute approximate surface area is 172 Å². The zero-order chi connectivity index (χ0) is 22.5. The number of alkyl halides is 3. The van der Waals surface area contributed by atoms with Gasteiger partial charge in [0.1, 0.15) is 11.5 Å². The van der Waals surface area contributed by atoms with E-state index in [9.17, 15) is 32.1 Å². The molecule has 2 rings (SSSR count). The Balaban J connectivity index is 2.66. The van der Waals surface area contributed by atoms with E-state index < -0.39 is 21.4 Å². The molecule has 0 aliphatic carbocycles. The minimum Gasteiger partial charge on any atom is -0.497 e. The summed E-state index contributed by atoms with van der Waals surface area (Å²) in [7, 11) is -4.36. The fraction of sp³-hybridized carbons (Fsp3) is 0.300. The van der Waals surface area contributed by atoms with Gasteiger partial charge in [-0.1, -0.05) is 13.0 Å². The Morgan fingerprint density at radius 3 is 2.00 bits per heavy atom. The first-order valence-electron chi connectivity index (χ1n) is 8.65. The van der Waals surface area contributed by atoms with Crippen LogP contribution in [-0.4, -0.2) is 21.0 Å². The summed E-state index contributed by atoms with van der Waals surface area (Å²) < 4.78 is 70.2. The monoisotopic (exact) mass is 438 g/mol. The first kappa shape index (κ1) is 23.0. The minimum atomic E-state index is -5.81. The van der Waals surface area contributed by atoms with Gasteiger partial charge < -0.3 is 8.92 Å². The number of nitrogens with zero attached hydrogens (tertiary/aromatic N) is 2. The van der Waals surface area contributed by atoms with E-state index in [1.54, 1.807) is 19.1 Å². The molecule has 6 nitrogen and oxygen atoms in total. The fourth-order valence-corrected chi connectivity index (χ4v) is 3.42. The van der Waals surface area contributed by atoms with E-state index in [1.165, 1.54) is 19.2 Å². The number of halogens is 3. The molecule has 0 saturated carbocycles. The third kappa shape index (κ3) is 4.84. The van der Waals surface area contributed by atoms with E-state index in [4.69, 9.17) is 4.74 Å². The molecule has 0 aliphatic heterocycles. The number of rotatable bonds is 7. The zero-order valence-electron chi connectivity index (χ0n) is 16.1. The van der Waals surface area contributed by atoms with Crippen molar-refractivity contribution in [3.05, 3.63) is 47.0 Å². The highest BCUT2D eigenvalue weighted by Gasteiger charge is 2.48. The van der Waals surface area contributed by atoms with Crippen LogP contribution in [0.4, 0.5) is 13.2 Å². The molecule has 2 aromatic rings. The third-order valence-corrected chi connectivity index (χ3v) is 5.23. The standard InChI is InChI=1S/C20H17F3N2O4S/c1-3-13-10-14(4-5-18(13)29-30(26,27)20(21,22)23)19-15(6-8-24)11-17(28-2)12-16(19)7-9-25/h4-5,10-12H,3,6-7H2,1-2H3. The van der Waals surface area contributed by atoms with Gasteiger partial charge in [-0.05, 0) is 58.5 Å². The molecule has 0 fully saturated rings. The van der Waals surface area contributed by atoms with Crippen molar-refractivity contribution >= 4 is 10.1 Å². The van der Waals surface area contributed by atoms with Crippen LogP contribution in [0.25, 0.3) is 11.1 Å². The lowest BCUT2D eigenvalue weighted by atomic mass is 9.90. The van der Waals surface area contributed by atoms with E-state index in [2.05, 4.69) is 4.18 Å². The van der Waals surface area contributed by atoms with Crippen LogP contribution >= 0.6 is 0 Å². The normalized spacial score (nSPS) is 11.4. The number of benzene rings is 2.